The monoisotopic (exact) mass is 643 g/mol. The molecule has 10 nitrogen and oxygen atoms in total. The number of ether oxygens (including phenoxy) is 2. The Balaban J connectivity index is 2.08. The number of hydrogen-bond acceptors (Lipinski definition) is 7. The quantitative estimate of drug-likeness (QED) is 0.0858. The lowest BCUT2D eigenvalue weighted by Gasteiger charge is -2.21. The normalized spacial score (nSPS) is 13.5. The first-order valence-electron chi connectivity index (χ1n) is 13.8. The molecule has 2 heterocycles. The molecule has 0 saturated carbocycles. The first-order valence-corrected chi connectivity index (χ1v) is 18.7. The fourth-order valence-electron chi connectivity index (χ4n) is 4.56. The van der Waals surface area contributed by atoms with Gasteiger partial charge >= 0.3 is 12.7 Å². The van der Waals surface area contributed by atoms with Crippen molar-refractivity contribution in [3.63, 3.8) is 0 Å². The number of halogens is 2. The van der Waals surface area contributed by atoms with Crippen molar-refractivity contribution >= 4 is 53.2 Å². The molecule has 0 aliphatic carbocycles. The highest BCUT2D eigenvalue weighted by molar-refractivity contribution is 7.91. The maximum Gasteiger partial charge on any atom is 0.416 e. The van der Waals surface area contributed by atoms with E-state index in [1.165, 1.54) is 18.3 Å². The summed E-state index contributed by atoms with van der Waals surface area (Å²) in [6, 6.07) is 10.7. The SMILES string of the molecule is Cc1cc(OC(F)F)c(/C(=N\[S+]([O-])C(C)(C)C)c2nc3cc(C#N)ccc3n2COCC[Si](C)(C)C)c2ccn(C(=O)O)c12. The van der Waals surface area contributed by atoms with E-state index in [0.717, 1.165) is 10.6 Å². The Kier molecular flexibility index (Phi) is 9.55. The number of imidazole rings is 1. The van der Waals surface area contributed by atoms with Gasteiger partial charge < -0.3 is 19.1 Å². The molecule has 1 N–H and O–H groups in total. The second-order valence-electron chi connectivity index (χ2n) is 12.5. The highest BCUT2D eigenvalue weighted by atomic mass is 32.2. The Hall–Kier alpha value is -3.77. The summed E-state index contributed by atoms with van der Waals surface area (Å²) in [6.45, 7) is 10.6. The number of aromatic nitrogens is 3. The van der Waals surface area contributed by atoms with Crippen LogP contribution in [0.4, 0.5) is 13.6 Å². The van der Waals surface area contributed by atoms with Gasteiger partial charge in [0.25, 0.3) is 0 Å². The molecule has 14 heteroatoms. The number of nitrogens with zero attached hydrogens (tertiary/aromatic N) is 5. The number of aryl methyl sites for hydroxylation is 1. The van der Waals surface area contributed by atoms with Crippen molar-refractivity contribution in [2.24, 2.45) is 4.40 Å². The summed E-state index contributed by atoms with van der Waals surface area (Å²) in [6.07, 6.45) is 0.0239. The molecule has 0 amide bonds. The molecule has 234 valence electrons. The summed E-state index contributed by atoms with van der Waals surface area (Å²) < 4.78 is 58.7. The molecule has 2 aromatic heterocycles. The number of rotatable bonds is 10. The van der Waals surface area contributed by atoms with Crippen LogP contribution in [0.5, 0.6) is 5.75 Å². The van der Waals surface area contributed by atoms with Gasteiger partial charge in [-0.05, 0) is 69.6 Å². The minimum Gasteiger partial charge on any atom is -0.591 e. The van der Waals surface area contributed by atoms with Crippen molar-refractivity contribution in [2.75, 3.05) is 6.61 Å². The first-order chi connectivity index (χ1) is 20.5. The Morgan fingerprint density at radius 3 is 2.55 bits per heavy atom. The second-order valence-corrected chi connectivity index (χ2v) is 20.0. The number of hydrogen-bond donors (Lipinski definition) is 1. The van der Waals surface area contributed by atoms with Crippen molar-refractivity contribution in [3.8, 4) is 11.8 Å². The third-order valence-corrected chi connectivity index (χ3v) is 9.89. The number of carbonyl (C=O) groups is 1. The highest BCUT2D eigenvalue weighted by Gasteiger charge is 2.33. The van der Waals surface area contributed by atoms with Gasteiger partial charge in [0.2, 0.25) is 0 Å². The van der Waals surface area contributed by atoms with Crippen LogP contribution in [0.15, 0.2) is 40.9 Å². The highest BCUT2D eigenvalue weighted by Crippen LogP contribution is 2.37. The lowest BCUT2D eigenvalue weighted by atomic mass is 10.00. The van der Waals surface area contributed by atoms with Crippen LogP contribution in [0.25, 0.3) is 21.9 Å². The molecule has 1 unspecified atom stereocenters. The zero-order valence-electron chi connectivity index (χ0n) is 25.6. The van der Waals surface area contributed by atoms with Gasteiger partial charge in [0.15, 0.2) is 11.5 Å². The Labute approximate surface area is 258 Å². The van der Waals surface area contributed by atoms with E-state index >= 15 is 0 Å². The van der Waals surface area contributed by atoms with Gasteiger partial charge in [-0.2, -0.15) is 14.0 Å². The van der Waals surface area contributed by atoms with E-state index in [0.29, 0.717) is 28.8 Å². The molecule has 44 heavy (non-hydrogen) atoms. The summed E-state index contributed by atoms with van der Waals surface area (Å²) in [5, 5.41) is 19.6. The van der Waals surface area contributed by atoms with E-state index in [1.54, 1.807) is 50.5 Å². The molecule has 4 rings (SSSR count). The molecule has 0 radical (unpaired) electrons. The molecule has 0 saturated heterocycles. The first kappa shape index (κ1) is 33.1. The summed E-state index contributed by atoms with van der Waals surface area (Å²) in [5.41, 5.74) is 1.87. The van der Waals surface area contributed by atoms with Gasteiger partial charge in [0.05, 0.1) is 33.7 Å². The molecule has 0 spiro atoms. The Morgan fingerprint density at radius 1 is 1.25 bits per heavy atom. The van der Waals surface area contributed by atoms with Gasteiger partial charge in [0, 0.05) is 26.3 Å². The van der Waals surface area contributed by atoms with E-state index in [2.05, 4.69) is 30.1 Å². The van der Waals surface area contributed by atoms with Crippen LogP contribution in [-0.2, 0) is 22.8 Å². The summed E-state index contributed by atoms with van der Waals surface area (Å²) >= 11 is -1.91. The van der Waals surface area contributed by atoms with Gasteiger partial charge in [-0.1, -0.05) is 24.0 Å². The van der Waals surface area contributed by atoms with Gasteiger partial charge in [-0.15, -0.1) is 0 Å². The third kappa shape index (κ3) is 7.13. The van der Waals surface area contributed by atoms with Crippen molar-refractivity contribution in [2.45, 2.75) is 71.5 Å². The van der Waals surface area contributed by atoms with E-state index in [4.69, 9.17) is 14.5 Å². The maximum atomic E-state index is 13.8. The second kappa shape index (κ2) is 12.7. The number of carboxylic acid groups (broad SMARTS) is 1. The molecule has 4 aromatic rings. The van der Waals surface area contributed by atoms with E-state index in [-0.39, 0.29) is 40.5 Å². The predicted molar refractivity (Wildman–Crippen MR) is 169 cm³/mol. The van der Waals surface area contributed by atoms with Gasteiger partial charge in [-0.3, -0.25) is 9.13 Å². The van der Waals surface area contributed by atoms with Crippen LogP contribution in [0.1, 0.15) is 43.3 Å². The molecular weight excluding hydrogens is 609 g/mol. The summed E-state index contributed by atoms with van der Waals surface area (Å²) in [7, 11) is -1.43. The van der Waals surface area contributed by atoms with Crippen molar-refractivity contribution in [3.05, 3.63) is 59.0 Å². The smallest absolute Gasteiger partial charge is 0.416 e. The van der Waals surface area contributed by atoms with Crippen LogP contribution in [0, 0.1) is 18.3 Å². The van der Waals surface area contributed by atoms with Crippen molar-refractivity contribution in [1.82, 2.24) is 14.1 Å². The van der Waals surface area contributed by atoms with Crippen LogP contribution < -0.4 is 4.74 Å². The third-order valence-electron chi connectivity index (χ3n) is 6.79. The van der Waals surface area contributed by atoms with Crippen LogP contribution in [-0.4, -0.2) is 61.6 Å². The van der Waals surface area contributed by atoms with Crippen molar-refractivity contribution in [1.29, 1.82) is 5.26 Å². The Morgan fingerprint density at radius 2 is 1.95 bits per heavy atom. The molecule has 0 aliphatic heterocycles. The summed E-state index contributed by atoms with van der Waals surface area (Å²) in [5.74, 6) is -0.151. The fraction of sp³-hybridized carbons (Fsp3) is 0.400. The minimum absolute atomic E-state index is 0.000430. The predicted octanol–water partition coefficient (Wildman–Crippen LogP) is 6.91. The lowest BCUT2D eigenvalue weighted by Crippen LogP contribution is -2.28. The van der Waals surface area contributed by atoms with Crippen LogP contribution in [0.3, 0.4) is 0 Å². The average molecular weight is 644 g/mol. The lowest BCUT2D eigenvalue weighted by molar-refractivity contribution is -0.0498. The molecule has 2 aromatic carbocycles. The van der Waals surface area contributed by atoms with Gasteiger partial charge in [0.1, 0.15) is 28.6 Å². The topological polar surface area (TPSA) is 138 Å². The fourth-order valence-corrected chi connectivity index (χ4v) is 5.93. The molecular formula is C30H35F2N5O5SSi. The number of fused-ring (bicyclic) bond motifs is 2. The number of alkyl halides is 2. The van der Waals surface area contributed by atoms with Crippen LogP contribution >= 0.6 is 0 Å². The largest absolute Gasteiger partial charge is 0.591 e. The molecule has 0 fully saturated rings. The standard InChI is InChI=1S/C30H35F2N5O5SSi/c1-18-14-23(42-28(31)32)24(20-10-11-36(26(18)20)29(38)39)25(35-43(40)30(2,3)4)27-34-21-15-19(16-33)8-9-22(21)37(27)17-41-12-13-44(5,6)7/h8-11,14-15,28H,12-13,17H2,1-7H3,(H,38,39)/b35-25+. The van der Waals surface area contributed by atoms with Crippen molar-refractivity contribution < 1.29 is 32.7 Å². The molecule has 0 bridgehead atoms. The van der Waals surface area contributed by atoms with Gasteiger partial charge in [-0.25, -0.2) is 9.78 Å². The zero-order chi connectivity index (χ0) is 32.6. The van der Waals surface area contributed by atoms with E-state index in [9.17, 15) is 28.5 Å². The Bertz CT molecular complexity index is 1780. The zero-order valence-corrected chi connectivity index (χ0v) is 27.5. The van der Waals surface area contributed by atoms with E-state index < -0.39 is 36.9 Å². The number of benzene rings is 2. The van der Waals surface area contributed by atoms with Crippen LogP contribution in [0.2, 0.25) is 25.7 Å². The van der Waals surface area contributed by atoms with E-state index in [1.807, 2.05) is 0 Å². The maximum absolute atomic E-state index is 13.8. The number of nitriles is 1. The molecule has 1 atom stereocenters. The average Bonchev–Trinajstić information content (AvgIpc) is 3.51. The molecule has 0 aliphatic rings. The minimum atomic E-state index is -3.22. The summed E-state index contributed by atoms with van der Waals surface area (Å²) in [4.78, 5) is 16.8.